The first-order valence-corrected chi connectivity index (χ1v) is 11.4. The smallest absolute Gasteiger partial charge is 0.182 e. The van der Waals surface area contributed by atoms with Crippen LogP contribution in [0.4, 0.5) is 0 Å². The summed E-state index contributed by atoms with van der Waals surface area (Å²) in [6.45, 7) is 8.22. The van der Waals surface area contributed by atoms with Crippen molar-refractivity contribution in [2.75, 3.05) is 13.2 Å². The van der Waals surface area contributed by atoms with E-state index in [1.54, 1.807) is 6.08 Å². The Morgan fingerprint density at radius 2 is 2.03 bits per heavy atom. The van der Waals surface area contributed by atoms with E-state index in [2.05, 4.69) is 13.8 Å². The van der Waals surface area contributed by atoms with Gasteiger partial charge in [0, 0.05) is 11.5 Å². The van der Waals surface area contributed by atoms with Gasteiger partial charge < -0.3 is 20.1 Å². The molecule has 3 N–H and O–H groups in total. The number of rotatable bonds is 3. The van der Waals surface area contributed by atoms with E-state index < -0.39 is 6.10 Å². The molecule has 1 saturated heterocycles. The molecule has 0 radical (unpaired) electrons. The van der Waals surface area contributed by atoms with E-state index >= 15 is 0 Å². The molecule has 1 aliphatic heterocycles. The van der Waals surface area contributed by atoms with Gasteiger partial charge in [-0.15, -0.1) is 0 Å². The fraction of sp³-hybridized carbons (Fsp3) is 0.720. The number of hydrogen-bond donors (Lipinski definition) is 3. The maximum atomic E-state index is 12.7. The van der Waals surface area contributed by atoms with Gasteiger partial charge in [0.25, 0.3) is 0 Å². The predicted octanol–water partition coefficient (Wildman–Crippen LogP) is 3.09. The number of ether oxygens (including phenoxy) is 1. The Kier molecular flexibility index (Phi) is 5.63. The van der Waals surface area contributed by atoms with Crippen molar-refractivity contribution in [3.8, 4) is 0 Å². The molecule has 0 aromatic rings. The van der Waals surface area contributed by atoms with Crippen LogP contribution in [-0.4, -0.2) is 52.1 Å². The third-order valence-electron chi connectivity index (χ3n) is 8.60. The van der Waals surface area contributed by atoms with Crippen LogP contribution in [0.2, 0.25) is 0 Å². The molecule has 0 bridgehead atoms. The van der Waals surface area contributed by atoms with E-state index in [4.69, 9.17) is 4.74 Å². The number of ketones is 1. The number of hydrogen-bond acceptors (Lipinski definition) is 5. The van der Waals surface area contributed by atoms with Crippen molar-refractivity contribution in [2.24, 2.45) is 23.2 Å². The number of aliphatic hydroxyl groups excluding tert-OH is 3. The minimum absolute atomic E-state index is 0.0183. The number of fused-ring (bicyclic) bond motifs is 3. The third kappa shape index (κ3) is 3.26. The van der Waals surface area contributed by atoms with Gasteiger partial charge in [-0.25, -0.2) is 0 Å². The molecule has 166 valence electrons. The van der Waals surface area contributed by atoms with E-state index in [1.165, 1.54) is 0 Å². The highest BCUT2D eigenvalue weighted by molar-refractivity contribution is 6.08. The second-order valence-electron chi connectivity index (χ2n) is 10.5. The Balaban J connectivity index is 1.73. The van der Waals surface area contributed by atoms with Crippen LogP contribution >= 0.6 is 0 Å². The van der Waals surface area contributed by atoms with Gasteiger partial charge in [0.05, 0.1) is 31.0 Å². The summed E-state index contributed by atoms with van der Waals surface area (Å²) in [5.74, 6) is 0.410. The van der Waals surface area contributed by atoms with Crippen molar-refractivity contribution in [1.82, 2.24) is 0 Å². The van der Waals surface area contributed by atoms with Crippen LogP contribution in [0.15, 0.2) is 34.4 Å². The number of carbonyl (C=O) groups is 1. The second-order valence-corrected chi connectivity index (χ2v) is 10.5. The van der Waals surface area contributed by atoms with E-state index in [9.17, 15) is 20.1 Å². The molecule has 0 aromatic carbocycles. The Morgan fingerprint density at radius 1 is 1.30 bits per heavy atom. The highest BCUT2D eigenvalue weighted by Crippen LogP contribution is 2.63. The van der Waals surface area contributed by atoms with Crippen molar-refractivity contribution in [2.45, 2.75) is 77.6 Å². The van der Waals surface area contributed by atoms with Crippen molar-refractivity contribution >= 4 is 5.78 Å². The number of aliphatic hydroxyl groups is 3. The summed E-state index contributed by atoms with van der Waals surface area (Å²) in [5.41, 5.74) is 2.73. The molecule has 4 aliphatic rings. The molecular formula is C25H36O5. The Morgan fingerprint density at radius 3 is 2.70 bits per heavy atom. The molecule has 3 aliphatic carbocycles. The summed E-state index contributed by atoms with van der Waals surface area (Å²) < 4.78 is 6.74. The zero-order valence-corrected chi connectivity index (χ0v) is 18.6. The lowest BCUT2D eigenvalue weighted by Gasteiger charge is -2.45. The predicted molar refractivity (Wildman–Crippen MR) is 115 cm³/mol. The number of carbonyl (C=O) groups excluding carboxylic acids is 1. The zero-order chi connectivity index (χ0) is 21.8. The topological polar surface area (TPSA) is 87.0 Å². The van der Waals surface area contributed by atoms with Crippen molar-refractivity contribution in [3.05, 3.63) is 34.4 Å². The fourth-order valence-corrected chi connectivity index (χ4v) is 6.98. The lowest BCUT2D eigenvalue weighted by Crippen LogP contribution is -2.46. The van der Waals surface area contributed by atoms with Crippen LogP contribution in [0, 0.1) is 23.2 Å². The Labute approximate surface area is 179 Å². The molecule has 2 fully saturated rings. The van der Waals surface area contributed by atoms with Gasteiger partial charge in [0.15, 0.2) is 5.78 Å². The maximum absolute atomic E-state index is 12.7. The summed E-state index contributed by atoms with van der Waals surface area (Å²) in [7, 11) is 0. The third-order valence-corrected chi connectivity index (χ3v) is 8.60. The van der Waals surface area contributed by atoms with Crippen LogP contribution in [0.25, 0.3) is 0 Å². The van der Waals surface area contributed by atoms with Gasteiger partial charge in [0.1, 0.15) is 0 Å². The highest BCUT2D eigenvalue weighted by Gasteiger charge is 2.62. The summed E-state index contributed by atoms with van der Waals surface area (Å²) in [5, 5.41) is 30.6. The second kappa shape index (κ2) is 7.70. The molecule has 4 rings (SSSR count). The Bertz CT molecular complexity index is 823. The molecule has 7 atom stereocenters. The molecule has 5 nitrogen and oxygen atoms in total. The molecule has 0 amide bonds. The van der Waals surface area contributed by atoms with E-state index in [-0.39, 0.29) is 48.0 Å². The molecular weight excluding hydrogens is 380 g/mol. The molecule has 1 saturated carbocycles. The summed E-state index contributed by atoms with van der Waals surface area (Å²) >= 11 is 0. The SMILES string of the molecule is CC1=CC(=O)C2=C(CO)[C@@H](O)C[C@@H]3[C@](C)(CC[C@@]34O[C@@H](/C=C(/C)CO)C[C@@H]4C)C[C@H]12. The van der Waals surface area contributed by atoms with Crippen LogP contribution in [0.5, 0.6) is 0 Å². The maximum Gasteiger partial charge on any atom is 0.182 e. The summed E-state index contributed by atoms with van der Waals surface area (Å²) in [6, 6.07) is 0. The van der Waals surface area contributed by atoms with Gasteiger partial charge in [-0.05, 0) is 80.4 Å². The molecule has 0 unspecified atom stereocenters. The van der Waals surface area contributed by atoms with E-state index in [0.29, 0.717) is 23.5 Å². The highest BCUT2D eigenvalue weighted by atomic mass is 16.5. The normalized spacial score (nSPS) is 44.2. The van der Waals surface area contributed by atoms with Crippen molar-refractivity contribution < 1.29 is 24.9 Å². The first-order valence-electron chi connectivity index (χ1n) is 11.4. The minimum Gasteiger partial charge on any atom is -0.392 e. The van der Waals surface area contributed by atoms with Gasteiger partial charge >= 0.3 is 0 Å². The van der Waals surface area contributed by atoms with Gasteiger partial charge in [-0.3, -0.25) is 4.79 Å². The molecule has 0 aromatic heterocycles. The molecule has 30 heavy (non-hydrogen) atoms. The lowest BCUT2D eigenvalue weighted by atomic mass is 9.62. The first kappa shape index (κ1) is 21.9. The van der Waals surface area contributed by atoms with Crippen molar-refractivity contribution in [3.63, 3.8) is 0 Å². The van der Waals surface area contributed by atoms with Crippen molar-refractivity contribution in [1.29, 1.82) is 0 Å². The molecule has 1 spiro atoms. The minimum atomic E-state index is -0.833. The molecule has 1 heterocycles. The average molecular weight is 417 g/mol. The van der Waals surface area contributed by atoms with E-state index in [0.717, 1.165) is 36.8 Å². The van der Waals surface area contributed by atoms with Crippen LogP contribution in [-0.2, 0) is 9.53 Å². The Hall–Kier alpha value is -1.27. The molecule has 5 heteroatoms. The van der Waals surface area contributed by atoms with Gasteiger partial charge in [0.2, 0.25) is 0 Å². The monoisotopic (exact) mass is 416 g/mol. The first-order chi connectivity index (χ1) is 14.1. The van der Waals surface area contributed by atoms with Crippen LogP contribution in [0.3, 0.4) is 0 Å². The largest absolute Gasteiger partial charge is 0.392 e. The average Bonchev–Trinajstić information content (AvgIpc) is 3.24. The van der Waals surface area contributed by atoms with Gasteiger partial charge in [-0.1, -0.05) is 25.5 Å². The standard InChI is InChI=1S/C25H36O5/c1-14(12-26)7-17-9-16(3)25(30-17)6-5-24(4)11-18-15(2)8-21(29)23(18)19(13-27)20(28)10-22(24)25/h7-8,16-18,20,22,26-28H,5-6,9-13H2,1-4H3/b14-7-,23-19?/t16-,17-,18+,20-,22+,24+,25-/m0/s1. The van der Waals surface area contributed by atoms with E-state index in [1.807, 2.05) is 19.9 Å². The summed E-state index contributed by atoms with van der Waals surface area (Å²) in [4.78, 5) is 12.7. The fourth-order valence-electron chi connectivity index (χ4n) is 6.98. The quantitative estimate of drug-likeness (QED) is 0.616. The van der Waals surface area contributed by atoms with Gasteiger partial charge in [-0.2, -0.15) is 0 Å². The van der Waals surface area contributed by atoms with Crippen LogP contribution in [0.1, 0.15) is 59.8 Å². The van der Waals surface area contributed by atoms with Crippen LogP contribution < -0.4 is 0 Å². The summed E-state index contributed by atoms with van der Waals surface area (Å²) in [6.07, 6.45) is 7.09. The lowest BCUT2D eigenvalue weighted by molar-refractivity contribution is -0.112. The number of allylic oxidation sites excluding steroid dienone is 3. The zero-order valence-electron chi connectivity index (χ0n) is 18.6.